The predicted molar refractivity (Wildman–Crippen MR) is 146 cm³/mol. The smallest absolute Gasteiger partial charge is 0.262 e. The predicted octanol–water partition coefficient (Wildman–Crippen LogP) is 5.32. The third-order valence-corrected chi connectivity index (χ3v) is 11.7. The number of amides is 1. The van der Waals surface area contributed by atoms with Crippen molar-refractivity contribution in [3.05, 3.63) is 96.6 Å². The van der Waals surface area contributed by atoms with E-state index in [2.05, 4.69) is 89.2 Å². The lowest BCUT2D eigenvalue weighted by molar-refractivity contribution is -0.133. The number of anilines is 1. The first-order valence-electron chi connectivity index (χ1n) is 12.1. The number of ether oxygens (including phenoxy) is 1. The molecule has 4 nitrogen and oxygen atoms in total. The van der Waals surface area contributed by atoms with Crippen LogP contribution in [0, 0.1) is 0 Å². The summed E-state index contributed by atoms with van der Waals surface area (Å²) in [5, 5.41) is 2.14. The minimum Gasteiger partial charge on any atom is -0.497 e. The number of nitrogens with zero attached hydrogens (tertiary/aromatic N) is 1. The van der Waals surface area contributed by atoms with Crippen LogP contribution >= 0.6 is 0 Å². The molecule has 1 aliphatic heterocycles. The minimum absolute atomic E-state index is 0.00865. The van der Waals surface area contributed by atoms with E-state index in [0.29, 0.717) is 0 Å². The maximum absolute atomic E-state index is 13.7. The first-order valence-corrected chi connectivity index (χ1v) is 14.0. The summed E-state index contributed by atoms with van der Waals surface area (Å²) in [5.74, 6) is 0.756. The molecule has 182 valence electrons. The lowest BCUT2D eigenvalue weighted by atomic mass is 9.95. The van der Waals surface area contributed by atoms with E-state index in [4.69, 9.17) is 9.16 Å². The zero-order valence-electron chi connectivity index (χ0n) is 21.5. The Hall–Kier alpha value is -3.15. The number of allylic oxidation sites excluding steroid dienone is 1. The van der Waals surface area contributed by atoms with E-state index in [1.165, 1.54) is 10.4 Å². The zero-order chi connectivity index (χ0) is 25.2. The van der Waals surface area contributed by atoms with E-state index in [1.54, 1.807) is 7.11 Å². The van der Waals surface area contributed by atoms with Gasteiger partial charge in [0.05, 0.1) is 13.2 Å². The molecule has 2 atom stereocenters. The molecule has 1 heterocycles. The van der Waals surface area contributed by atoms with Crippen LogP contribution < -0.4 is 20.0 Å². The third kappa shape index (κ3) is 4.58. The number of hydrogen-bond donors (Lipinski definition) is 0. The summed E-state index contributed by atoms with van der Waals surface area (Å²) < 4.78 is 12.5. The molecule has 0 aromatic heterocycles. The molecule has 1 saturated heterocycles. The van der Waals surface area contributed by atoms with Crippen molar-refractivity contribution < 1.29 is 14.0 Å². The normalized spacial score (nSPS) is 18.1. The maximum atomic E-state index is 13.7. The van der Waals surface area contributed by atoms with Gasteiger partial charge >= 0.3 is 0 Å². The average Bonchev–Trinajstić information content (AvgIpc) is 2.85. The Morgan fingerprint density at radius 3 is 1.80 bits per heavy atom. The van der Waals surface area contributed by atoms with E-state index in [0.717, 1.165) is 17.0 Å². The number of β-lactam (4-membered cyclic amide) rings is 1. The van der Waals surface area contributed by atoms with Gasteiger partial charge in [-0.1, -0.05) is 93.1 Å². The summed E-state index contributed by atoms with van der Waals surface area (Å²) in [4.78, 5) is 15.6. The standard InChI is InChI=1S/C30H35NO3Si/c1-22(2)21-27-28(29(32)31(27)23-17-19-24(33-6)20-18-23)34-35(30(3,4)5,25-13-9-7-10-14-25)26-15-11-8-12-16-26/h7-21,27-28H,1-6H3/t27-,28+/m1/s1. The monoisotopic (exact) mass is 485 g/mol. The van der Waals surface area contributed by atoms with E-state index >= 15 is 0 Å². The molecule has 0 N–H and O–H groups in total. The first-order chi connectivity index (χ1) is 16.7. The van der Waals surface area contributed by atoms with Gasteiger partial charge in [0.25, 0.3) is 14.2 Å². The molecule has 0 radical (unpaired) electrons. The van der Waals surface area contributed by atoms with E-state index < -0.39 is 14.4 Å². The molecule has 5 heteroatoms. The molecule has 1 fully saturated rings. The van der Waals surface area contributed by atoms with E-state index in [-0.39, 0.29) is 17.0 Å². The van der Waals surface area contributed by atoms with E-state index in [9.17, 15) is 4.79 Å². The molecule has 0 unspecified atom stereocenters. The quantitative estimate of drug-likeness (QED) is 0.258. The zero-order valence-corrected chi connectivity index (χ0v) is 22.5. The summed E-state index contributed by atoms with van der Waals surface area (Å²) in [6, 6.07) is 28.4. The van der Waals surface area contributed by atoms with Crippen molar-refractivity contribution in [2.24, 2.45) is 0 Å². The molecular formula is C30H35NO3Si. The van der Waals surface area contributed by atoms with Gasteiger partial charge in [-0.05, 0) is 53.5 Å². The first kappa shape index (κ1) is 25.0. The Kier molecular flexibility index (Phi) is 7.02. The SMILES string of the molecule is COc1ccc(N2C(=O)[C@@H](O[Si](c3ccccc3)(c3ccccc3)C(C)(C)C)[C@H]2C=C(C)C)cc1. The molecular weight excluding hydrogens is 450 g/mol. The summed E-state index contributed by atoms with van der Waals surface area (Å²) >= 11 is 0. The lowest BCUT2D eigenvalue weighted by Gasteiger charge is -2.52. The van der Waals surface area contributed by atoms with Gasteiger partial charge in [-0.3, -0.25) is 4.79 Å². The van der Waals surface area contributed by atoms with Crippen molar-refractivity contribution >= 4 is 30.3 Å². The van der Waals surface area contributed by atoms with Gasteiger partial charge in [0, 0.05) is 5.69 Å². The van der Waals surface area contributed by atoms with Crippen LogP contribution in [0.5, 0.6) is 5.75 Å². The summed E-state index contributed by atoms with van der Waals surface area (Å²) in [6.07, 6.45) is 1.59. The van der Waals surface area contributed by atoms with Crippen LogP contribution in [-0.2, 0) is 9.22 Å². The average molecular weight is 486 g/mol. The fraction of sp³-hybridized carbons (Fsp3) is 0.300. The van der Waals surface area contributed by atoms with Crippen LogP contribution in [0.15, 0.2) is 96.6 Å². The largest absolute Gasteiger partial charge is 0.497 e. The Labute approximate surface area is 210 Å². The second-order valence-corrected chi connectivity index (χ2v) is 14.6. The van der Waals surface area contributed by atoms with Gasteiger partial charge in [-0.15, -0.1) is 0 Å². The Balaban J connectivity index is 1.81. The van der Waals surface area contributed by atoms with Gasteiger partial charge in [-0.2, -0.15) is 0 Å². The van der Waals surface area contributed by atoms with E-state index in [1.807, 2.05) is 41.3 Å². The van der Waals surface area contributed by atoms with Gasteiger partial charge < -0.3 is 14.1 Å². The lowest BCUT2D eigenvalue weighted by Crippen LogP contribution is -2.74. The van der Waals surface area contributed by atoms with Crippen LogP contribution in [0.1, 0.15) is 34.6 Å². The second kappa shape index (κ2) is 9.84. The van der Waals surface area contributed by atoms with Crippen LogP contribution in [0.4, 0.5) is 5.69 Å². The fourth-order valence-electron chi connectivity index (χ4n) is 5.03. The molecule has 35 heavy (non-hydrogen) atoms. The summed E-state index contributed by atoms with van der Waals surface area (Å²) in [7, 11) is -1.22. The number of hydrogen-bond acceptors (Lipinski definition) is 3. The second-order valence-electron chi connectivity index (χ2n) is 10.3. The highest BCUT2D eigenvalue weighted by atomic mass is 28.4. The Bertz CT molecular complexity index is 1140. The molecule has 1 aliphatic rings. The number of methoxy groups -OCH3 is 1. The highest BCUT2D eigenvalue weighted by Crippen LogP contribution is 2.41. The molecule has 0 bridgehead atoms. The van der Waals surface area contributed by atoms with Gasteiger partial charge in [0.15, 0.2) is 0 Å². The number of carbonyl (C=O) groups is 1. The molecule has 1 amide bonds. The number of rotatable bonds is 7. The van der Waals surface area contributed by atoms with Crippen molar-refractivity contribution in [2.45, 2.75) is 51.8 Å². The van der Waals surface area contributed by atoms with Crippen molar-refractivity contribution in [1.29, 1.82) is 0 Å². The summed E-state index contributed by atoms with van der Waals surface area (Å²) in [6.45, 7) is 10.8. The highest BCUT2D eigenvalue weighted by molar-refractivity contribution is 6.99. The van der Waals surface area contributed by atoms with Crippen molar-refractivity contribution in [2.75, 3.05) is 12.0 Å². The van der Waals surface area contributed by atoms with Gasteiger partial charge in [0.2, 0.25) is 0 Å². The third-order valence-electron chi connectivity index (χ3n) is 6.66. The topological polar surface area (TPSA) is 38.8 Å². The Morgan fingerprint density at radius 2 is 1.37 bits per heavy atom. The minimum atomic E-state index is -2.86. The van der Waals surface area contributed by atoms with Crippen LogP contribution in [0.3, 0.4) is 0 Å². The maximum Gasteiger partial charge on any atom is 0.262 e. The summed E-state index contributed by atoms with van der Waals surface area (Å²) in [5.41, 5.74) is 2.00. The molecule has 0 aliphatic carbocycles. The molecule has 3 aromatic rings. The van der Waals surface area contributed by atoms with Crippen molar-refractivity contribution in [3.8, 4) is 5.75 Å². The Morgan fingerprint density at radius 1 is 0.857 bits per heavy atom. The fourth-order valence-corrected chi connectivity index (χ4v) is 9.67. The van der Waals surface area contributed by atoms with Crippen LogP contribution in [0.25, 0.3) is 0 Å². The molecule has 4 rings (SSSR count). The van der Waals surface area contributed by atoms with Crippen molar-refractivity contribution in [1.82, 2.24) is 0 Å². The van der Waals surface area contributed by atoms with Gasteiger partial charge in [0.1, 0.15) is 11.9 Å². The van der Waals surface area contributed by atoms with Crippen LogP contribution in [0.2, 0.25) is 5.04 Å². The molecule has 3 aromatic carbocycles. The van der Waals surface area contributed by atoms with Crippen molar-refractivity contribution in [3.63, 3.8) is 0 Å². The van der Waals surface area contributed by atoms with Gasteiger partial charge in [-0.25, -0.2) is 0 Å². The number of carbonyl (C=O) groups excluding carboxylic acids is 1. The highest BCUT2D eigenvalue weighted by Gasteiger charge is 2.57. The van der Waals surface area contributed by atoms with Crippen LogP contribution in [-0.4, -0.2) is 33.5 Å². The molecule has 0 saturated carbocycles. The molecule has 0 spiro atoms. The number of benzene rings is 3.